The maximum Gasteiger partial charge on any atom is 0.0695 e. The van der Waals surface area contributed by atoms with Crippen molar-refractivity contribution in [3.05, 3.63) is 64.5 Å². The number of hydrogen-bond donors (Lipinski definition) is 1. The van der Waals surface area contributed by atoms with Crippen LogP contribution in [0.3, 0.4) is 0 Å². The predicted octanol–water partition coefficient (Wildman–Crippen LogP) is 5.26. The zero-order chi connectivity index (χ0) is 16.2. The minimum atomic E-state index is 0.547. The monoisotopic (exact) mass is 337 g/mol. The molecule has 3 aromatic rings. The highest BCUT2D eigenvalue weighted by Gasteiger charge is 2.24. The molecule has 4 heteroatoms. The molecule has 3 heterocycles. The first kappa shape index (κ1) is 15.6. The molecule has 4 rings (SSSR count). The summed E-state index contributed by atoms with van der Waals surface area (Å²) in [6, 6.07) is 15.5. The van der Waals surface area contributed by atoms with Gasteiger partial charge in [0, 0.05) is 23.0 Å². The molecular formula is C20H23N3S. The molecule has 3 nitrogen and oxygen atoms in total. The van der Waals surface area contributed by atoms with Crippen LogP contribution in [-0.2, 0) is 6.54 Å². The van der Waals surface area contributed by atoms with E-state index in [4.69, 9.17) is 0 Å². The molecular weight excluding hydrogens is 314 g/mol. The van der Waals surface area contributed by atoms with Crippen LogP contribution in [-0.4, -0.2) is 21.6 Å². The van der Waals surface area contributed by atoms with Gasteiger partial charge in [-0.2, -0.15) is 5.10 Å². The molecule has 0 radical (unpaired) electrons. The highest BCUT2D eigenvalue weighted by atomic mass is 32.1. The summed E-state index contributed by atoms with van der Waals surface area (Å²) in [6.07, 6.45) is 7.23. The van der Waals surface area contributed by atoms with Crippen LogP contribution in [0.1, 0.15) is 42.2 Å². The Kier molecular flexibility index (Phi) is 4.76. The normalized spacial score (nSPS) is 19.2. The van der Waals surface area contributed by atoms with E-state index in [-0.39, 0.29) is 0 Å². The summed E-state index contributed by atoms with van der Waals surface area (Å²) in [4.78, 5) is 4.15. The Labute approximate surface area is 147 Å². The smallest absolute Gasteiger partial charge is 0.0695 e. The van der Waals surface area contributed by atoms with E-state index in [1.807, 2.05) is 17.5 Å². The van der Waals surface area contributed by atoms with E-state index in [1.54, 1.807) is 0 Å². The molecule has 1 aromatic carbocycles. The molecule has 1 fully saturated rings. The lowest BCUT2D eigenvalue weighted by Crippen LogP contribution is -2.27. The third-order valence-corrected chi connectivity index (χ3v) is 5.86. The summed E-state index contributed by atoms with van der Waals surface area (Å²) < 4.78 is 0. The second-order valence-corrected chi connectivity index (χ2v) is 7.47. The number of aromatic amines is 1. The van der Waals surface area contributed by atoms with Gasteiger partial charge in [-0.1, -0.05) is 49.2 Å². The van der Waals surface area contributed by atoms with E-state index < -0.39 is 0 Å². The van der Waals surface area contributed by atoms with Gasteiger partial charge < -0.3 is 0 Å². The first-order valence-electron chi connectivity index (χ1n) is 8.77. The molecule has 0 saturated carbocycles. The van der Waals surface area contributed by atoms with Gasteiger partial charge >= 0.3 is 0 Å². The van der Waals surface area contributed by atoms with Crippen molar-refractivity contribution in [2.75, 3.05) is 6.54 Å². The fraction of sp³-hybridized carbons (Fsp3) is 0.350. The van der Waals surface area contributed by atoms with Crippen LogP contribution in [0.4, 0.5) is 0 Å². The minimum absolute atomic E-state index is 0.547. The van der Waals surface area contributed by atoms with Crippen LogP contribution < -0.4 is 0 Å². The van der Waals surface area contributed by atoms with Gasteiger partial charge in [-0.25, -0.2) is 0 Å². The third kappa shape index (κ3) is 3.30. The third-order valence-electron chi connectivity index (χ3n) is 4.89. The predicted molar refractivity (Wildman–Crippen MR) is 100.0 cm³/mol. The lowest BCUT2D eigenvalue weighted by Gasteiger charge is -2.29. The Hall–Kier alpha value is -1.91. The number of nitrogens with zero attached hydrogens (tertiary/aromatic N) is 2. The number of benzene rings is 1. The van der Waals surface area contributed by atoms with E-state index in [0.29, 0.717) is 6.04 Å². The largest absolute Gasteiger partial charge is 0.291 e. The lowest BCUT2D eigenvalue weighted by molar-refractivity contribution is 0.195. The summed E-state index contributed by atoms with van der Waals surface area (Å²) in [5.41, 5.74) is 3.67. The lowest BCUT2D eigenvalue weighted by atomic mass is 10.1. The number of thiophene rings is 1. The van der Waals surface area contributed by atoms with Crippen LogP contribution in [0, 0.1) is 0 Å². The molecule has 1 atom stereocenters. The quantitative estimate of drug-likeness (QED) is 0.704. The van der Waals surface area contributed by atoms with E-state index in [1.165, 1.54) is 48.2 Å². The van der Waals surface area contributed by atoms with Crippen LogP contribution in [0.5, 0.6) is 0 Å². The topological polar surface area (TPSA) is 31.9 Å². The van der Waals surface area contributed by atoms with Crippen molar-refractivity contribution in [3.8, 4) is 11.3 Å². The molecule has 1 saturated heterocycles. The maximum absolute atomic E-state index is 4.33. The highest BCUT2D eigenvalue weighted by Crippen LogP contribution is 2.34. The second kappa shape index (κ2) is 7.32. The molecule has 0 unspecified atom stereocenters. The van der Waals surface area contributed by atoms with E-state index in [0.717, 1.165) is 12.2 Å². The van der Waals surface area contributed by atoms with Gasteiger partial charge in [0.15, 0.2) is 0 Å². The molecule has 24 heavy (non-hydrogen) atoms. The Morgan fingerprint density at radius 2 is 2.00 bits per heavy atom. The summed E-state index contributed by atoms with van der Waals surface area (Å²) in [7, 11) is 0. The van der Waals surface area contributed by atoms with Crippen molar-refractivity contribution < 1.29 is 0 Å². The number of nitrogens with one attached hydrogen (secondary N) is 1. The Morgan fingerprint density at radius 1 is 1.08 bits per heavy atom. The number of H-pyrrole nitrogens is 1. The fourth-order valence-electron chi connectivity index (χ4n) is 3.66. The standard InChI is InChI=1S/C20H23N3S/c1-3-8-16(9-4-1)20-17(14-21-22-20)15-23-12-6-2-5-10-18(23)19-11-7-13-24-19/h1,3-4,7-9,11,13-14,18H,2,5-6,10,12,15H2,(H,21,22)/t18-/m0/s1. The first-order valence-corrected chi connectivity index (χ1v) is 9.65. The van der Waals surface area contributed by atoms with Crippen LogP contribution in [0.25, 0.3) is 11.3 Å². The van der Waals surface area contributed by atoms with Gasteiger partial charge in [0.2, 0.25) is 0 Å². The van der Waals surface area contributed by atoms with Crippen molar-refractivity contribution in [2.45, 2.75) is 38.3 Å². The number of aromatic nitrogens is 2. The molecule has 0 aliphatic carbocycles. The Balaban J connectivity index is 1.60. The Morgan fingerprint density at radius 3 is 2.83 bits per heavy atom. The average molecular weight is 337 g/mol. The summed E-state index contributed by atoms with van der Waals surface area (Å²) >= 11 is 1.89. The molecule has 0 spiro atoms. The number of hydrogen-bond acceptors (Lipinski definition) is 3. The fourth-order valence-corrected chi connectivity index (χ4v) is 4.56. The molecule has 1 aliphatic rings. The van der Waals surface area contributed by atoms with Crippen LogP contribution in [0.15, 0.2) is 54.0 Å². The number of rotatable bonds is 4. The highest BCUT2D eigenvalue weighted by molar-refractivity contribution is 7.10. The van der Waals surface area contributed by atoms with Gasteiger partial charge in [0.05, 0.1) is 11.9 Å². The average Bonchev–Trinajstić information content (AvgIpc) is 3.25. The second-order valence-electron chi connectivity index (χ2n) is 6.49. The molecule has 2 aromatic heterocycles. The Bertz CT molecular complexity index is 748. The van der Waals surface area contributed by atoms with Crippen LogP contribution in [0.2, 0.25) is 0 Å². The summed E-state index contributed by atoms with van der Waals surface area (Å²) in [5.74, 6) is 0. The van der Waals surface area contributed by atoms with Crippen molar-refractivity contribution in [2.24, 2.45) is 0 Å². The van der Waals surface area contributed by atoms with Crippen molar-refractivity contribution in [1.29, 1.82) is 0 Å². The molecule has 1 aliphatic heterocycles. The van der Waals surface area contributed by atoms with Gasteiger partial charge in [0.1, 0.15) is 0 Å². The van der Waals surface area contributed by atoms with E-state index >= 15 is 0 Å². The van der Waals surface area contributed by atoms with E-state index in [9.17, 15) is 0 Å². The van der Waals surface area contributed by atoms with Gasteiger partial charge in [-0.15, -0.1) is 11.3 Å². The van der Waals surface area contributed by atoms with E-state index in [2.05, 4.69) is 62.9 Å². The molecule has 0 amide bonds. The molecule has 1 N–H and O–H groups in total. The SMILES string of the molecule is c1ccc(-c2[nH]ncc2CN2CCCCC[C@H]2c2cccs2)cc1. The zero-order valence-electron chi connectivity index (χ0n) is 13.8. The van der Waals surface area contributed by atoms with Crippen LogP contribution >= 0.6 is 11.3 Å². The summed E-state index contributed by atoms with van der Waals surface area (Å²) in [5, 5.41) is 9.73. The zero-order valence-corrected chi connectivity index (χ0v) is 14.6. The van der Waals surface area contributed by atoms with Crippen molar-refractivity contribution >= 4 is 11.3 Å². The van der Waals surface area contributed by atoms with Crippen molar-refractivity contribution in [1.82, 2.24) is 15.1 Å². The van der Waals surface area contributed by atoms with Crippen molar-refractivity contribution in [3.63, 3.8) is 0 Å². The van der Waals surface area contributed by atoms with Gasteiger partial charge in [0.25, 0.3) is 0 Å². The molecule has 124 valence electrons. The minimum Gasteiger partial charge on any atom is -0.291 e. The van der Waals surface area contributed by atoms with Gasteiger partial charge in [-0.3, -0.25) is 10.00 Å². The summed E-state index contributed by atoms with van der Waals surface area (Å²) in [6.45, 7) is 2.13. The number of likely N-dealkylation sites (tertiary alicyclic amines) is 1. The first-order chi connectivity index (χ1) is 11.9. The van der Waals surface area contributed by atoms with Gasteiger partial charge in [-0.05, 0) is 36.4 Å². The molecule has 0 bridgehead atoms. The maximum atomic E-state index is 4.33.